The van der Waals surface area contributed by atoms with Crippen molar-refractivity contribution in [3.63, 3.8) is 0 Å². The van der Waals surface area contributed by atoms with Crippen molar-refractivity contribution >= 4 is 29.4 Å². The Hall–Kier alpha value is -1.68. The molecule has 0 aromatic carbocycles. The van der Waals surface area contributed by atoms with Gasteiger partial charge in [0.05, 0.1) is 11.6 Å². The van der Waals surface area contributed by atoms with E-state index in [0.717, 1.165) is 0 Å². The second kappa shape index (κ2) is 7.04. The van der Waals surface area contributed by atoms with Gasteiger partial charge in [0.15, 0.2) is 5.78 Å². The molecule has 0 fully saturated rings. The van der Waals surface area contributed by atoms with Crippen LogP contribution < -0.4 is 0 Å². The lowest BCUT2D eigenvalue weighted by molar-refractivity contribution is -0.140. The smallest absolute Gasteiger partial charge is 0.341 e. The van der Waals surface area contributed by atoms with Crippen molar-refractivity contribution in [2.24, 2.45) is 5.92 Å². The number of aromatic nitrogens is 1. The molecular weight excluding hydrogens is 266 g/mol. The third-order valence-corrected chi connectivity index (χ3v) is 2.53. The molecule has 1 rings (SSSR count). The summed E-state index contributed by atoms with van der Waals surface area (Å²) in [4.78, 5) is 27.7. The maximum Gasteiger partial charge on any atom is 0.341 e. The average Bonchev–Trinajstić information content (AvgIpc) is 2.35. The number of rotatable bonds is 5. The Morgan fingerprint density at radius 2 is 2.11 bits per heavy atom. The first-order chi connectivity index (χ1) is 8.95. The molecule has 1 aromatic rings. The van der Waals surface area contributed by atoms with Crippen LogP contribution in [0, 0.1) is 5.92 Å². The molecule has 0 saturated heterocycles. The van der Waals surface area contributed by atoms with Crippen molar-refractivity contribution in [2.75, 3.05) is 6.61 Å². The van der Waals surface area contributed by atoms with Gasteiger partial charge in [0.1, 0.15) is 5.57 Å². The predicted octanol–water partition coefficient (Wildman–Crippen LogP) is 2.91. The molecular formula is C14H16ClNO3. The van der Waals surface area contributed by atoms with Gasteiger partial charge in [0.25, 0.3) is 0 Å². The molecule has 0 amide bonds. The van der Waals surface area contributed by atoms with Crippen molar-refractivity contribution in [1.29, 1.82) is 0 Å². The highest BCUT2D eigenvalue weighted by Gasteiger charge is 2.22. The summed E-state index contributed by atoms with van der Waals surface area (Å²) >= 11 is 5.82. The van der Waals surface area contributed by atoms with Gasteiger partial charge in [0.2, 0.25) is 0 Å². The highest BCUT2D eigenvalue weighted by Crippen LogP contribution is 2.16. The molecule has 0 spiro atoms. The van der Waals surface area contributed by atoms with Crippen LogP contribution in [-0.2, 0) is 14.3 Å². The monoisotopic (exact) mass is 281 g/mol. The molecule has 102 valence electrons. The lowest BCUT2D eigenvalue weighted by Crippen LogP contribution is -2.19. The Bertz CT molecular complexity index is 509. The van der Waals surface area contributed by atoms with Gasteiger partial charge in [-0.2, -0.15) is 0 Å². The fourth-order valence-electron chi connectivity index (χ4n) is 1.42. The summed E-state index contributed by atoms with van der Waals surface area (Å²) in [5.41, 5.74) is 0.602. The van der Waals surface area contributed by atoms with Crippen molar-refractivity contribution in [3.05, 3.63) is 34.6 Å². The zero-order valence-electron chi connectivity index (χ0n) is 11.1. The average molecular weight is 282 g/mol. The van der Waals surface area contributed by atoms with Crippen molar-refractivity contribution in [2.45, 2.75) is 20.8 Å². The van der Waals surface area contributed by atoms with Gasteiger partial charge in [-0.05, 0) is 24.6 Å². The number of ketones is 1. The Kier molecular flexibility index (Phi) is 5.70. The first-order valence-corrected chi connectivity index (χ1v) is 6.37. The molecule has 4 nitrogen and oxygen atoms in total. The van der Waals surface area contributed by atoms with Crippen molar-refractivity contribution in [1.82, 2.24) is 4.98 Å². The Balaban J connectivity index is 3.15. The number of halogens is 1. The molecule has 0 aliphatic rings. The number of carbonyl (C=O) groups excluding carboxylic acids is 2. The van der Waals surface area contributed by atoms with Crippen LogP contribution in [0.25, 0.3) is 6.08 Å². The summed E-state index contributed by atoms with van der Waals surface area (Å²) in [5.74, 6) is -1.18. The fourth-order valence-corrected chi connectivity index (χ4v) is 1.61. The van der Waals surface area contributed by atoms with E-state index in [1.807, 2.05) is 0 Å². The maximum absolute atomic E-state index is 12.0. The number of ether oxygens (including phenoxy) is 1. The normalized spacial score (nSPS) is 11.5. The van der Waals surface area contributed by atoms with Crippen LogP contribution in [-0.4, -0.2) is 23.3 Å². The van der Waals surface area contributed by atoms with E-state index in [1.54, 1.807) is 26.8 Å². The van der Waals surface area contributed by atoms with Crippen LogP contribution in [0.1, 0.15) is 26.3 Å². The summed E-state index contributed by atoms with van der Waals surface area (Å²) in [5, 5.41) is 0.439. The van der Waals surface area contributed by atoms with Gasteiger partial charge in [-0.3, -0.25) is 9.78 Å². The predicted molar refractivity (Wildman–Crippen MR) is 73.7 cm³/mol. The minimum atomic E-state index is -0.624. The van der Waals surface area contributed by atoms with Crippen LogP contribution >= 0.6 is 11.6 Å². The topological polar surface area (TPSA) is 56.3 Å². The second-order valence-corrected chi connectivity index (χ2v) is 4.67. The minimum Gasteiger partial charge on any atom is -0.462 e. The molecule has 0 unspecified atom stereocenters. The van der Waals surface area contributed by atoms with E-state index in [2.05, 4.69) is 4.98 Å². The minimum absolute atomic E-state index is 0.0147. The molecule has 0 saturated carbocycles. The zero-order chi connectivity index (χ0) is 14.4. The molecule has 0 atom stereocenters. The first-order valence-electron chi connectivity index (χ1n) is 5.99. The highest BCUT2D eigenvalue weighted by molar-refractivity contribution is 6.30. The van der Waals surface area contributed by atoms with Crippen LogP contribution in [0.5, 0.6) is 0 Å². The number of hydrogen-bond acceptors (Lipinski definition) is 4. The Morgan fingerprint density at radius 1 is 1.42 bits per heavy atom. The molecule has 19 heavy (non-hydrogen) atoms. The fraction of sp³-hybridized carbons (Fsp3) is 0.357. The maximum atomic E-state index is 12.0. The van der Waals surface area contributed by atoms with Crippen LogP contribution in [0.2, 0.25) is 5.02 Å². The molecule has 5 heteroatoms. The summed E-state index contributed by atoms with van der Waals surface area (Å²) in [6.07, 6.45) is 4.46. The molecule has 1 aromatic heterocycles. The lowest BCUT2D eigenvalue weighted by atomic mass is 9.99. The van der Waals surface area contributed by atoms with E-state index in [1.165, 1.54) is 18.5 Å². The number of hydrogen-bond donors (Lipinski definition) is 0. The largest absolute Gasteiger partial charge is 0.462 e. The number of Topliss-reactive ketones (excluding diaryl/α,β-unsaturated/α-hetero) is 1. The van der Waals surface area contributed by atoms with Crippen LogP contribution in [0.15, 0.2) is 24.0 Å². The third kappa shape index (κ3) is 4.48. The van der Waals surface area contributed by atoms with Gasteiger partial charge in [-0.25, -0.2) is 4.79 Å². The standard InChI is InChI=1S/C14H16ClNO3/c1-4-19-14(18)12(13(17)9(2)3)6-10-5-11(15)8-16-7-10/h5-9H,4H2,1-3H3. The summed E-state index contributed by atoms with van der Waals surface area (Å²) in [6, 6.07) is 1.63. The van der Waals surface area contributed by atoms with Crippen LogP contribution in [0.4, 0.5) is 0 Å². The molecule has 0 aliphatic carbocycles. The third-order valence-electron chi connectivity index (χ3n) is 2.32. The number of nitrogens with zero attached hydrogens (tertiary/aromatic N) is 1. The van der Waals surface area contributed by atoms with Crippen molar-refractivity contribution < 1.29 is 14.3 Å². The SMILES string of the molecule is CCOC(=O)C(=Cc1cncc(Cl)c1)C(=O)C(C)C. The number of carbonyl (C=O) groups is 2. The molecule has 1 heterocycles. The zero-order valence-corrected chi connectivity index (χ0v) is 11.9. The van der Waals surface area contributed by atoms with E-state index >= 15 is 0 Å². The van der Waals surface area contributed by atoms with E-state index in [4.69, 9.17) is 16.3 Å². The van der Waals surface area contributed by atoms with Gasteiger partial charge in [0, 0.05) is 18.3 Å². The Labute approximate surface area is 117 Å². The molecule has 0 radical (unpaired) electrons. The number of pyridine rings is 1. The molecule has 0 N–H and O–H groups in total. The van der Waals surface area contributed by atoms with Gasteiger partial charge in [-0.1, -0.05) is 25.4 Å². The molecule has 0 aliphatic heterocycles. The second-order valence-electron chi connectivity index (χ2n) is 4.23. The van der Waals surface area contributed by atoms with Crippen LogP contribution in [0.3, 0.4) is 0 Å². The Morgan fingerprint density at radius 3 is 2.63 bits per heavy atom. The molecule has 0 bridgehead atoms. The summed E-state index contributed by atoms with van der Waals surface area (Å²) in [6.45, 7) is 5.36. The van der Waals surface area contributed by atoms with E-state index in [-0.39, 0.29) is 23.9 Å². The van der Waals surface area contributed by atoms with E-state index < -0.39 is 5.97 Å². The van der Waals surface area contributed by atoms with Gasteiger partial charge in [-0.15, -0.1) is 0 Å². The summed E-state index contributed by atoms with van der Waals surface area (Å²) < 4.78 is 4.90. The van der Waals surface area contributed by atoms with Gasteiger partial charge >= 0.3 is 5.97 Å². The highest BCUT2D eigenvalue weighted by atomic mass is 35.5. The van der Waals surface area contributed by atoms with E-state index in [0.29, 0.717) is 10.6 Å². The quantitative estimate of drug-likeness (QED) is 0.360. The lowest BCUT2D eigenvalue weighted by Gasteiger charge is -2.08. The first kappa shape index (κ1) is 15.4. The summed E-state index contributed by atoms with van der Waals surface area (Å²) in [7, 11) is 0. The number of esters is 1. The van der Waals surface area contributed by atoms with Crippen molar-refractivity contribution in [3.8, 4) is 0 Å². The van der Waals surface area contributed by atoms with Gasteiger partial charge < -0.3 is 4.74 Å². The van der Waals surface area contributed by atoms with E-state index in [9.17, 15) is 9.59 Å².